The van der Waals surface area contributed by atoms with Crippen LogP contribution in [0.3, 0.4) is 0 Å². The van der Waals surface area contributed by atoms with Crippen LogP contribution in [0.1, 0.15) is 98.8 Å². The van der Waals surface area contributed by atoms with Gasteiger partial charge in [-0.1, -0.05) is 41.2 Å². The third-order valence-corrected chi connectivity index (χ3v) is 13.4. The number of aliphatic hydroxyl groups excluding tert-OH is 1. The standard InChI is InChI=1S/C30H46O4/c1-18(25(33)34)19-9-14-30(17-31)16-15-28(5)20(24(19)30)7-8-22-27(4)12-11-23(32)26(2,3)21(27)10-13-29(22,28)6/h19-22,24,31H,1,7-17H2,2-6H3,(H,33,34)/t19-,20?,21?,22?,24?,27-,28+,29+,30+/m0/s1. The van der Waals surface area contributed by atoms with Gasteiger partial charge in [0.25, 0.3) is 0 Å². The van der Waals surface area contributed by atoms with Gasteiger partial charge in [-0.2, -0.15) is 0 Å². The molecule has 0 saturated heterocycles. The summed E-state index contributed by atoms with van der Waals surface area (Å²) >= 11 is 0. The van der Waals surface area contributed by atoms with Crippen molar-refractivity contribution in [3.05, 3.63) is 12.2 Å². The SMILES string of the molecule is C=C(C(=O)O)[C@@H]1CC[C@]2(CO)CC[C@]3(C)C(CCC4[C@@]5(C)CCC(=O)C(C)(C)C5CC[C@]43C)C12. The molecule has 0 aromatic carbocycles. The molecule has 190 valence electrons. The summed E-state index contributed by atoms with van der Waals surface area (Å²) in [5.74, 6) is 1.25. The van der Waals surface area contributed by atoms with E-state index < -0.39 is 5.97 Å². The Labute approximate surface area is 206 Å². The summed E-state index contributed by atoms with van der Waals surface area (Å²) in [6.45, 7) is 16.2. The first-order valence-electron chi connectivity index (χ1n) is 13.8. The van der Waals surface area contributed by atoms with Gasteiger partial charge in [-0.25, -0.2) is 4.79 Å². The van der Waals surface area contributed by atoms with Crippen molar-refractivity contribution >= 4 is 11.8 Å². The van der Waals surface area contributed by atoms with Gasteiger partial charge in [0.1, 0.15) is 5.78 Å². The van der Waals surface area contributed by atoms with E-state index >= 15 is 0 Å². The molecule has 0 aromatic rings. The second kappa shape index (κ2) is 7.43. The first-order valence-corrected chi connectivity index (χ1v) is 13.8. The number of aliphatic carboxylic acids is 1. The lowest BCUT2D eigenvalue weighted by Gasteiger charge is -2.72. The Balaban J connectivity index is 1.55. The molecule has 0 aliphatic heterocycles. The lowest BCUT2D eigenvalue weighted by atomic mass is 9.32. The van der Waals surface area contributed by atoms with E-state index in [2.05, 4.69) is 41.2 Å². The fourth-order valence-electron chi connectivity index (χ4n) is 11.4. The van der Waals surface area contributed by atoms with Gasteiger partial charge in [0.15, 0.2) is 0 Å². The summed E-state index contributed by atoms with van der Waals surface area (Å²) in [5.41, 5.74) is 0.470. The van der Waals surface area contributed by atoms with Gasteiger partial charge in [-0.05, 0) is 109 Å². The maximum Gasteiger partial charge on any atom is 0.331 e. The first kappa shape index (κ1) is 24.5. The number of carbonyl (C=O) groups excluding carboxylic acids is 1. The monoisotopic (exact) mass is 470 g/mol. The van der Waals surface area contributed by atoms with Gasteiger partial charge >= 0.3 is 5.97 Å². The van der Waals surface area contributed by atoms with Crippen molar-refractivity contribution < 1.29 is 19.8 Å². The highest BCUT2D eigenvalue weighted by Crippen LogP contribution is 2.77. The maximum atomic E-state index is 12.9. The molecule has 4 heteroatoms. The number of rotatable bonds is 3. The molecule has 0 heterocycles. The van der Waals surface area contributed by atoms with Gasteiger partial charge in [0.05, 0.1) is 0 Å². The Hall–Kier alpha value is -1.16. The van der Waals surface area contributed by atoms with Crippen LogP contribution >= 0.6 is 0 Å². The van der Waals surface area contributed by atoms with E-state index in [-0.39, 0.29) is 45.5 Å². The van der Waals surface area contributed by atoms with Crippen LogP contribution in [0.25, 0.3) is 0 Å². The molecule has 34 heavy (non-hydrogen) atoms. The van der Waals surface area contributed by atoms with Crippen molar-refractivity contribution in [1.29, 1.82) is 0 Å². The molecule has 2 N–H and O–H groups in total. The van der Waals surface area contributed by atoms with E-state index in [1.807, 2.05) is 0 Å². The van der Waals surface area contributed by atoms with Gasteiger partial charge in [-0.3, -0.25) is 4.79 Å². The normalized spacial score (nSPS) is 51.6. The Morgan fingerprint density at radius 3 is 2.26 bits per heavy atom. The van der Waals surface area contributed by atoms with Gasteiger partial charge in [0.2, 0.25) is 0 Å². The summed E-state index contributed by atoms with van der Waals surface area (Å²) in [5, 5.41) is 20.5. The summed E-state index contributed by atoms with van der Waals surface area (Å²) in [7, 11) is 0. The fourth-order valence-corrected chi connectivity index (χ4v) is 11.4. The molecule has 9 atom stereocenters. The molecule has 0 bridgehead atoms. The number of carboxylic acid groups (broad SMARTS) is 1. The minimum atomic E-state index is -0.868. The molecule has 5 fully saturated rings. The lowest BCUT2D eigenvalue weighted by Crippen LogP contribution is -2.66. The van der Waals surface area contributed by atoms with Crippen LogP contribution in [0.5, 0.6) is 0 Å². The van der Waals surface area contributed by atoms with E-state index in [9.17, 15) is 19.8 Å². The summed E-state index contributed by atoms with van der Waals surface area (Å²) in [6, 6.07) is 0. The predicted molar refractivity (Wildman–Crippen MR) is 133 cm³/mol. The average Bonchev–Trinajstić information content (AvgIpc) is 3.16. The van der Waals surface area contributed by atoms with Crippen LogP contribution in [0.2, 0.25) is 0 Å². The van der Waals surface area contributed by atoms with Crippen molar-refractivity contribution in [3.63, 3.8) is 0 Å². The first-order chi connectivity index (χ1) is 15.8. The molecule has 5 saturated carbocycles. The molecular formula is C30H46O4. The van der Waals surface area contributed by atoms with Crippen molar-refractivity contribution in [1.82, 2.24) is 0 Å². The molecule has 0 amide bonds. The number of fused-ring (bicyclic) bond motifs is 7. The van der Waals surface area contributed by atoms with Crippen molar-refractivity contribution in [2.45, 2.75) is 98.8 Å². The zero-order chi connectivity index (χ0) is 24.9. The molecule has 4 unspecified atom stereocenters. The third-order valence-electron chi connectivity index (χ3n) is 13.4. The Bertz CT molecular complexity index is 921. The van der Waals surface area contributed by atoms with Crippen molar-refractivity contribution in [3.8, 4) is 0 Å². The highest BCUT2D eigenvalue weighted by molar-refractivity contribution is 5.86. The predicted octanol–water partition coefficient (Wildman–Crippen LogP) is 6.27. The summed E-state index contributed by atoms with van der Waals surface area (Å²) < 4.78 is 0. The third kappa shape index (κ3) is 2.81. The van der Waals surface area contributed by atoms with Gasteiger partial charge in [-0.15, -0.1) is 0 Å². The molecule has 0 radical (unpaired) electrons. The van der Waals surface area contributed by atoms with Crippen LogP contribution in [-0.4, -0.2) is 28.6 Å². The molecule has 0 aromatic heterocycles. The van der Waals surface area contributed by atoms with Gasteiger partial charge in [0, 0.05) is 24.0 Å². The largest absolute Gasteiger partial charge is 0.478 e. The maximum absolute atomic E-state index is 12.9. The average molecular weight is 471 g/mol. The highest BCUT2D eigenvalue weighted by Gasteiger charge is 2.71. The van der Waals surface area contributed by atoms with E-state index in [0.29, 0.717) is 35.5 Å². The van der Waals surface area contributed by atoms with E-state index in [0.717, 1.165) is 57.8 Å². The summed E-state index contributed by atoms with van der Waals surface area (Å²) in [4.78, 5) is 24.9. The molecular weight excluding hydrogens is 424 g/mol. The number of hydrogen-bond donors (Lipinski definition) is 2. The number of hydrogen-bond acceptors (Lipinski definition) is 3. The fraction of sp³-hybridized carbons (Fsp3) is 0.867. The van der Waals surface area contributed by atoms with E-state index in [4.69, 9.17) is 0 Å². The van der Waals surface area contributed by atoms with Crippen LogP contribution in [0.4, 0.5) is 0 Å². The Morgan fingerprint density at radius 1 is 0.912 bits per heavy atom. The van der Waals surface area contributed by atoms with Gasteiger partial charge < -0.3 is 10.2 Å². The number of ketones is 1. The minimum absolute atomic E-state index is 0.0208. The molecule has 4 nitrogen and oxygen atoms in total. The number of carboxylic acids is 1. The second-order valence-electron chi connectivity index (χ2n) is 14.3. The smallest absolute Gasteiger partial charge is 0.331 e. The van der Waals surface area contributed by atoms with Crippen LogP contribution in [0, 0.1) is 56.7 Å². The van der Waals surface area contributed by atoms with Crippen molar-refractivity contribution in [2.75, 3.05) is 6.61 Å². The van der Waals surface area contributed by atoms with Crippen LogP contribution in [-0.2, 0) is 9.59 Å². The number of aliphatic hydroxyl groups is 1. The zero-order valence-electron chi connectivity index (χ0n) is 22.1. The second-order valence-corrected chi connectivity index (χ2v) is 14.3. The summed E-state index contributed by atoms with van der Waals surface area (Å²) in [6.07, 6.45) is 10.2. The molecule has 5 rings (SSSR count). The molecule has 5 aliphatic rings. The number of carbonyl (C=O) groups is 2. The van der Waals surface area contributed by atoms with E-state index in [1.54, 1.807) is 0 Å². The quantitative estimate of drug-likeness (QED) is 0.477. The molecule has 0 spiro atoms. The van der Waals surface area contributed by atoms with E-state index in [1.165, 1.54) is 0 Å². The Kier molecular flexibility index (Phi) is 5.36. The topological polar surface area (TPSA) is 74.6 Å². The Morgan fingerprint density at radius 2 is 1.62 bits per heavy atom. The highest BCUT2D eigenvalue weighted by atomic mass is 16.4. The lowest BCUT2D eigenvalue weighted by molar-refractivity contribution is -0.236. The van der Waals surface area contributed by atoms with Crippen molar-refractivity contribution in [2.24, 2.45) is 56.7 Å². The van der Waals surface area contributed by atoms with Crippen LogP contribution < -0.4 is 0 Å². The minimum Gasteiger partial charge on any atom is -0.478 e. The van der Waals surface area contributed by atoms with Crippen LogP contribution in [0.15, 0.2) is 12.2 Å². The zero-order valence-corrected chi connectivity index (χ0v) is 22.1. The molecule has 5 aliphatic carbocycles. The number of Topliss-reactive ketones (excluding diaryl/α,β-unsaturated/α-hetero) is 1.